The highest BCUT2D eigenvalue weighted by atomic mass is 35.5. The van der Waals surface area contributed by atoms with Crippen LogP contribution in [0.1, 0.15) is 23.6 Å². The van der Waals surface area contributed by atoms with Crippen LogP contribution in [0.4, 0.5) is 17.1 Å². The molecule has 0 aromatic heterocycles. The summed E-state index contributed by atoms with van der Waals surface area (Å²) < 4.78 is 0. The van der Waals surface area contributed by atoms with E-state index in [1.54, 1.807) is 0 Å². The molecule has 35 heavy (non-hydrogen) atoms. The summed E-state index contributed by atoms with van der Waals surface area (Å²) in [6.45, 7) is 5.09. The van der Waals surface area contributed by atoms with Gasteiger partial charge in [0.1, 0.15) is 0 Å². The molecule has 0 bridgehead atoms. The fourth-order valence-corrected chi connectivity index (χ4v) is 5.31. The molecule has 2 aliphatic rings. The van der Waals surface area contributed by atoms with Gasteiger partial charge in [0.2, 0.25) is 5.96 Å². The summed E-state index contributed by atoms with van der Waals surface area (Å²) in [5.74, 6) is -0.0837. The van der Waals surface area contributed by atoms with Gasteiger partial charge in [0.25, 0.3) is 0 Å². The Morgan fingerprint density at radius 1 is 0.943 bits per heavy atom. The third-order valence-corrected chi connectivity index (χ3v) is 7.04. The maximum Gasteiger partial charge on any atom is 0.305 e. The number of anilines is 2. The number of aryl methyl sites for hydroxylation is 1. The Balaban J connectivity index is 1.53. The highest BCUT2D eigenvalue weighted by Gasteiger charge is 2.36. The van der Waals surface area contributed by atoms with Gasteiger partial charge < -0.3 is 19.8 Å². The number of nitrogens with zero attached hydrogens (tertiary/aromatic N) is 4. The number of hydrogen-bond donors (Lipinski definition) is 1. The Morgan fingerprint density at radius 3 is 2.37 bits per heavy atom. The summed E-state index contributed by atoms with van der Waals surface area (Å²) >= 11 is 12.5. The summed E-state index contributed by atoms with van der Waals surface area (Å²) in [5, 5.41) is 11.2. The Hall–Kier alpha value is -3.22. The van der Waals surface area contributed by atoms with Crippen LogP contribution < -0.4 is 9.80 Å². The molecule has 1 saturated heterocycles. The molecule has 2 heterocycles. The van der Waals surface area contributed by atoms with Gasteiger partial charge in [-0.1, -0.05) is 47.5 Å². The van der Waals surface area contributed by atoms with Crippen molar-refractivity contribution in [2.45, 2.75) is 19.4 Å². The number of para-hydroxylation sites is 1. The lowest BCUT2D eigenvalue weighted by molar-refractivity contribution is -0.137. The van der Waals surface area contributed by atoms with Crippen molar-refractivity contribution in [3.8, 4) is 0 Å². The molecule has 1 fully saturated rings. The Kier molecular flexibility index (Phi) is 6.58. The summed E-state index contributed by atoms with van der Waals surface area (Å²) in [4.78, 5) is 23.7. The first-order valence-electron chi connectivity index (χ1n) is 11.6. The number of hydrogen-bond acceptors (Lipinski definition) is 5. The van der Waals surface area contributed by atoms with Crippen molar-refractivity contribution in [3.05, 3.63) is 87.9 Å². The number of aliphatic carboxylic acids is 1. The van der Waals surface area contributed by atoms with Gasteiger partial charge in [0.05, 0.1) is 18.2 Å². The molecule has 3 aromatic carbocycles. The fraction of sp³-hybridized carbons (Fsp3) is 0.259. The van der Waals surface area contributed by atoms with Gasteiger partial charge in [0, 0.05) is 53.2 Å². The van der Waals surface area contributed by atoms with Crippen LogP contribution >= 0.6 is 23.2 Å². The quantitative estimate of drug-likeness (QED) is 0.458. The van der Waals surface area contributed by atoms with Crippen LogP contribution in [-0.4, -0.2) is 48.1 Å². The van der Waals surface area contributed by atoms with Gasteiger partial charge in [-0.05, 0) is 55.0 Å². The van der Waals surface area contributed by atoms with E-state index in [9.17, 15) is 9.90 Å². The van der Waals surface area contributed by atoms with Crippen molar-refractivity contribution >= 4 is 52.2 Å². The van der Waals surface area contributed by atoms with Crippen LogP contribution in [0.3, 0.4) is 0 Å². The molecule has 0 aliphatic carbocycles. The van der Waals surface area contributed by atoms with Crippen LogP contribution in [0.25, 0.3) is 0 Å². The topological polar surface area (TPSA) is 59.4 Å². The van der Waals surface area contributed by atoms with Crippen molar-refractivity contribution in [1.29, 1.82) is 0 Å². The number of piperazine rings is 1. The van der Waals surface area contributed by atoms with Crippen molar-refractivity contribution < 1.29 is 9.90 Å². The molecule has 5 rings (SSSR count). The molecule has 8 heteroatoms. The zero-order valence-corrected chi connectivity index (χ0v) is 20.9. The van der Waals surface area contributed by atoms with E-state index in [-0.39, 0.29) is 12.5 Å². The summed E-state index contributed by atoms with van der Waals surface area (Å²) in [7, 11) is 0. The predicted molar refractivity (Wildman–Crippen MR) is 142 cm³/mol. The standard InChI is InChI=1S/C27H26Cl2N4O2/c1-18-15-20(29)9-10-24(18)33-25(17-26(34)35)22-7-2-3-8-23(22)30-27(33)32-13-11-31(12-14-32)21-6-4-5-19(28)16-21/h2-10,15-16,25H,11-14,17H2,1H3,(H,34,35). The van der Waals surface area contributed by atoms with E-state index >= 15 is 0 Å². The fourth-order valence-electron chi connectivity index (χ4n) is 4.90. The lowest BCUT2D eigenvalue weighted by Crippen LogP contribution is -2.55. The molecule has 180 valence electrons. The van der Waals surface area contributed by atoms with E-state index < -0.39 is 5.97 Å². The largest absolute Gasteiger partial charge is 0.481 e. The Morgan fingerprint density at radius 2 is 1.66 bits per heavy atom. The number of benzene rings is 3. The van der Waals surface area contributed by atoms with Gasteiger partial charge >= 0.3 is 5.97 Å². The van der Waals surface area contributed by atoms with Crippen LogP contribution in [0.2, 0.25) is 10.0 Å². The number of fused-ring (bicyclic) bond motifs is 1. The Labute approximate surface area is 215 Å². The minimum Gasteiger partial charge on any atom is -0.481 e. The summed E-state index contributed by atoms with van der Waals surface area (Å²) in [6, 6.07) is 21.0. The number of rotatable bonds is 4. The first kappa shape index (κ1) is 23.5. The van der Waals surface area contributed by atoms with Crippen LogP contribution in [0.5, 0.6) is 0 Å². The maximum atomic E-state index is 12.0. The van der Waals surface area contributed by atoms with E-state index in [1.165, 1.54) is 0 Å². The van der Waals surface area contributed by atoms with Gasteiger partial charge in [-0.2, -0.15) is 0 Å². The molecule has 1 N–H and O–H groups in total. The second-order valence-corrected chi connectivity index (χ2v) is 9.71. The molecule has 3 aromatic rings. The first-order chi connectivity index (χ1) is 16.9. The molecule has 0 radical (unpaired) electrons. The van der Waals surface area contributed by atoms with Crippen molar-refractivity contribution in [2.24, 2.45) is 4.99 Å². The first-order valence-corrected chi connectivity index (χ1v) is 12.4. The van der Waals surface area contributed by atoms with E-state index in [0.717, 1.165) is 65.4 Å². The zero-order valence-electron chi connectivity index (χ0n) is 19.4. The minimum absolute atomic E-state index is 0.0411. The third kappa shape index (κ3) is 4.81. The lowest BCUT2D eigenvalue weighted by atomic mass is 9.97. The normalized spacial score (nSPS) is 17.7. The van der Waals surface area contributed by atoms with Crippen molar-refractivity contribution in [1.82, 2.24) is 4.90 Å². The molecule has 1 unspecified atom stereocenters. The second-order valence-electron chi connectivity index (χ2n) is 8.84. The van der Waals surface area contributed by atoms with E-state index in [0.29, 0.717) is 5.02 Å². The molecule has 2 aliphatic heterocycles. The lowest BCUT2D eigenvalue weighted by Gasteiger charge is -2.45. The number of carboxylic acid groups (broad SMARTS) is 1. The second kappa shape index (κ2) is 9.80. The highest BCUT2D eigenvalue weighted by molar-refractivity contribution is 6.31. The summed E-state index contributed by atoms with van der Waals surface area (Å²) in [6.07, 6.45) is -0.0411. The average Bonchev–Trinajstić information content (AvgIpc) is 2.84. The predicted octanol–water partition coefficient (Wildman–Crippen LogP) is 6.15. The molecule has 0 saturated carbocycles. The number of guanidine groups is 1. The maximum absolute atomic E-state index is 12.0. The van der Waals surface area contributed by atoms with Crippen molar-refractivity contribution in [3.63, 3.8) is 0 Å². The van der Waals surface area contributed by atoms with Crippen LogP contribution in [0, 0.1) is 6.92 Å². The van der Waals surface area contributed by atoms with Gasteiger partial charge in [-0.3, -0.25) is 4.79 Å². The molecule has 0 spiro atoms. The molecule has 6 nitrogen and oxygen atoms in total. The molecular weight excluding hydrogens is 483 g/mol. The van der Waals surface area contributed by atoms with E-state index in [4.69, 9.17) is 28.2 Å². The third-order valence-electron chi connectivity index (χ3n) is 6.57. The molecule has 1 atom stereocenters. The average molecular weight is 509 g/mol. The SMILES string of the molecule is Cc1cc(Cl)ccc1N1C(N2CCN(c3cccc(Cl)c3)CC2)=Nc2ccccc2C1CC(=O)O. The van der Waals surface area contributed by atoms with Crippen molar-refractivity contribution in [2.75, 3.05) is 36.0 Å². The van der Waals surface area contributed by atoms with Crippen LogP contribution in [-0.2, 0) is 4.79 Å². The Bertz CT molecular complexity index is 1290. The molecule has 0 amide bonds. The highest BCUT2D eigenvalue weighted by Crippen LogP contribution is 2.42. The smallest absolute Gasteiger partial charge is 0.305 e. The number of aliphatic imine (C=N–C) groups is 1. The minimum atomic E-state index is -0.853. The summed E-state index contributed by atoms with van der Waals surface area (Å²) in [5.41, 5.74) is 4.70. The zero-order chi connectivity index (χ0) is 24.5. The molecular formula is C27H26Cl2N4O2. The van der Waals surface area contributed by atoms with E-state index in [2.05, 4.69) is 20.8 Å². The number of carbonyl (C=O) groups is 1. The monoisotopic (exact) mass is 508 g/mol. The number of halogens is 2. The van der Waals surface area contributed by atoms with E-state index in [1.807, 2.05) is 67.6 Å². The van der Waals surface area contributed by atoms with Gasteiger partial charge in [-0.15, -0.1) is 0 Å². The van der Waals surface area contributed by atoms with Crippen LogP contribution in [0.15, 0.2) is 71.7 Å². The number of carboxylic acids is 1. The van der Waals surface area contributed by atoms with Gasteiger partial charge in [0.15, 0.2) is 0 Å². The van der Waals surface area contributed by atoms with Gasteiger partial charge in [-0.25, -0.2) is 4.99 Å².